The van der Waals surface area contributed by atoms with Crippen LogP contribution in [0.4, 0.5) is 5.69 Å². The van der Waals surface area contributed by atoms with E-state index in [1.165, 1.54) is 0 Å². The minimum Gasteiger partial charge on any atom is -0.350 e. The van der Waals surface area contributed by atoms with E-state index in [1.807, 2.05) is 48.5 Å². The van der Waals surface area contributed by atoms with Gasteiger partial charge in [-0.15, -0.1) is 0 Å². The van der Waals surface area contributed by atoms with Crippen molar-refractivity contribution in [1.29, 1.82) is 0 Å². The van der Waals surface area contributed by atoms with Gasteiger partial charge < -0.3 is 14.8 Å². The van der Waals surface area contributed by atoms with Gasteiger partial charge in [-0.25, -0.2) is 0 Å². The summed E-state index contributed by atoms with van der Waals surface area (Å²) in [6, 6.07) is 20.2. The van der Waals surface area contributed by atoms with E-state index in [-0.39, 0.29) is 0 Å². The van der Waals surface area contributed by atoms with E-state index in [9.17, 15) is 0 Å². The molecule has 1 N–H and O–H groups in total. The maximum Gasteiger partial charge on any atom is 0.194 e. The third-order valence-corrected chi connectivity index (χ3v) is 4.24. The summed E-state index contributed by atoms with van der Waals surface area (Å²) in [7, 11) is 0. The number of hydrogen-bond donors (Lipinski definition) is 1. The van der Waals surface area contributed by atoms with Gasteiger partial charge in [-0.05, 0) is 25.0 Å². The van der Waals surface area contributed by atoms with Crippen molar-refractivity contribution in [2.45, 2.75) is 25.0 Å². The van der Waals surface area contributed by atoms with Crippen LogP contribution in [0.3, 0.4) is 0 Å². The average molecular weight is 327 g/mol. The maximum absolute atomic E-state index is 5.94. The van der Waals surface area contributed by atoms with Crippen molar-refractivity contribution in [3.63, 3.8) is 0 Å². The largest absolute Gasteiger partial charge is 0.350 e. The van der Waals surface area contributed by atoms with Gasteiger partial charge >= 0.3 is 0 Å². The normalized spacial score (nSPS) is 16.2. The molecule has 3 nitrogen and oxygen atoms in total. The Labute approximate surface area is 142 Å². The molecule has 1 aliphatic rings. The second-order valence-electron chi connectivity index (χ2n) is 5.58. The molecule has 0 bridgehead atoms. The summed E-state index contributed by atoms with van der Waals surface area (Å²) in [5.41, 5.74) is 2.11. The molecule has 1 aliphatic heterocycles. The summed E-state index contributed by atoms with van der Waals surface area (Å²) >= 11 is 5.44. The molecule has 1 heterocycles. The molecule has 0 aliphatic carbocycles. The lowest BCUT2D eigenvalue weighted by Crippen LogP contribution is -2.27. The van der Waals surface area contributed by atoms with Crippen LogP contribution >= 0.6 is 12.2 Å². The fraction of sp³-hybridized carbons (Fsp3) is 0.316. The molecule has 0 atom stereocenters. The fourth-order valence-electron chi connectivity index (χ4n) is 2.83. The average Bonchev–Trinajstić information content (AvgIpc) is 3.07. The number of thiocarbonyl (C=S) groups is 1. The zero-order valence-corrected chi connectivity index (χ0v) is 13.9. The van der Waals surface area contributed by atoms with Gasteiger partial charge in [-0.2, -0.15) is 0 Å². The molecular weight excluding hydrogens is 306 g/mol. The number of anilines is 1. The summed E-state index contributed by atoms with van der Waals surface area (Å²) in [5, 5.41) is 3.27. The van der Waals surface area contributed by atoms with Crippen LogP contribution < -0.4 is 5.32 Å². The quantitative estimate of drug-likeness (QED) is 0.792. The Balaban J connectivity index is 1.55. The Hall–Kier alpha value is -1.75. The van der Waals surface area contributed by atoms with Crippen molar-refractivity contribution >= 4 is 22.9 Å². The minimum absolute atomic E-state index is 0.608. The van der Waals surface area contributed by atoms with Gasteiger partial charge in [0.2, 0.25) is 0 Å². The molecule has 120 valence electrons. The smallest absolute Gasteiger partial charge is 0.194 e. The van der Waals surface area contributed by atoms with Crippen LogP contribution in [0, 0.1) is 0 Å². The van der Waals surface area contributed by atoms with Crippen molar-refractivity contribution in [1.82, 2.24) is 0 Å². The van der Waals surface area contributed by atoms with E-state index in [0.717, 1.165) is 35.5 Å². The van der Waals surface area contributed by atoms with Crippen LogP contribution in [0.5, 0.6) is 0 Å². The molecule has 0 saturated carbocycles. The molecule has 0 amide bonds. The molecule has 0 spiro atoms. The molecule has 0 aromatic heterocycles. The number of nitrogens with one attached hydrogen (secondary N) is 1. The number of para-hydroxylation sites is 1. The van der Waals surface area contributed by atoms with E-state index in [1.54, 1.807) is 0 Å². The zero-order valence-electron chi connectivity index (χ0n) is 13.0. The first-order valence-corrected chi connectivity index (χ1v) is 8.38. The standard InChI is InChI=1S/C19H21NO2S/c23-18(20-17-10-5-2-6-11-17)12-7-13-19(21-14-15-22-19)16-8-3-1-4-9-16/h1-6,8-11H,7,12-15H2,(H,20,23). The molecule has 0 radical (unpaired) electrons. The maximum atomic E-state index is 5.94. The summed E-state index contributed by atoms with van der Waals surface area (Å²) in [6.07, 6.45) is 2.52. The summed E-state index contributed by atoms with van der Waals surface area (Å²) < 4.78 is 11.9. The van der Waals surface area contributed by atoms with Gasteiger partial charge in [0, 0.05) is 17.7 Å². The van der Waals surface area contributed by atoms with E-state index in [0.29, 0.717) is 13.2 Å². The molecule has 4 heteroatoms. The van der Waals surface area contributed by atoms with Gasteiger partial charge in [-0.1, -0.05) is 60.7 Å². The first-order chi connectivity index (χ1) is 11.3. The van der Waals surface area contributed by atoms with Gasteiger partial charge in [0.1, 0.15) is 0 Å². The number of benzene rings is 2. The van der Waals surface area contributed by atoms with Crippen molar-refractivity contribution in [3.8, 4) is 0 Å². The van der Waals surface area contributed by atoms with Gasteiger partial charge in [-0.3, -0.25) is 0 Å². The number of rotatable bonds is 6. The van der Waals surface area contributed by atoms with Crippen molar-refractivity contribution in [2.75, 3.05) is 18.5 Å². The highest BCUT2D eigenvalue weighted by Gasteiger charge is 2.37. The molecule has 1 fully saturated rings. The zero-order chi connectivity index (χ0) is 16.0. The monoisotopic (exact) mass is 327 g/mol. The highest BCUT2D eigenvalue weighted by molar-refractivity contribution is 7.80. The van der Waals surface area contributed by atoms with Crippen molar-refractivity contribution in [3.05, 3.63) is 66.2 Å². The van der Waals surface area contributed by atoms with Gasteiger partial charge in [0.15, 0.2) is 5.79 Å². The minimum atomic E-state index is -0.608. The molecule has 2 aromatic rings. The van der Waals surface area contributed by atoms with Crippen LogP contribution in [0.15, 0.2) is 60.7 Å². The fourth-order valence-corrected chi connectivity index (χ4v) is 3.09. The van der Waals surface area contributed by atoms with E-state index in [2.05, 4.69) is 17.4 Å². The molecule has 1 saturated heterocycles. The lowest BCUT2D eigenvalue weighted by molar-refractivity contribution is -0.171. The second-order valence-corrected chi connectivity index (χ2v) is 6.08. The van der Waals surface area contributed by atoms with Crippen molar-refractivity contribution in [2.24, 2.45) is 0 Å². The Morgan fingerprint density at radius 2 is 1.57 bits per heavy atom. The summed E-state index contributed by atoms with van der Waals surface area (Å²) in [6.45, 7) is 1.28. The molecule has 23 heavy (non-hydrogen) atoms. The van der Waals surface area contributed by atoms with Gasteiger partial charge in [0.25, 0.3) is 0 Å². The highest BCUT2D eigenvalue weighted by Crippen LogP contribution is 2.36. The Morgan fingerprint density at radius 1 is 0.957 bits per heavy atom. The van der Waals surface area contributed by atoms with Crippen LogP contribution in [0.2, 0.25) is 0 Å². The van der Waals surface area contributed by atoms with Crippen LogP contribution in [-0.2, 0) is 15.3 Å². The number of ether oxygens (including phenoxy) is 2. The predicted octanol–water partition coefficient (Wildman–Crippen LogP) is 4.50. The molecule has 2 aromatic carbocycles. The van der Waals surface area contributed by atoms with E-state index < -0.39 is 5.79 Å². The lowest BCUT2D eigenvalue weighted by atomic mass is 9.99. The Bertz CT molecular complexity index is 624. The molecule has 3 rings (SSSR count). The summed E-state index contributed by atoms with van der Waals surface area (Å²) in [5.74, 6) is -0.608. The first-order valence-electron chi connectivity index (χ1n) is 7.97. The highest BCUT2D eigenvalue weighted by atomic mass is 32.1. The molecule has 0 unspecified atom stereocenters. The third-order valence-electron chi connectivity index (χ3n) is 3.93. The Morgan fingerprint density at radius 3 is 2.22 bits per heavy atom. The van der Waals surface area contributed by atoms with Crippen LogP contribution in [-0.4, -0.2) is 18.2 Å². The molecular formula is C19H21NO2S. The summed E-state index contributed by atoms with van der Waals surface area (Å²) in [4.78, 5) is 0.845. The van der Waals surface area contributed by atoms with Crippen molar-refractivity contribution < 1.29 is 9.47 Å². The Kier molecular flexibility index (Phi) is 5.39. The second kappa shape index (κ2) is 7.68. The van der Waals surface area contributed by atoms with E-state index >= 15 is 0 Å². The lowest BCUT2D eigenvalue weighted by Gasteiger charge is -2.28. The predicted molar refractivity (Wildman–Crippen MR) is 96.5 cm³/mol. The van der Waals surface area contributed by atoms with Crippen LogP contribution in [0.1, 0.15) is 24.8 Å². The van der Waals surface area contributed by atoms with E-state index in [4.69, 9.17) is 21.7 Å². The van der Waals surface area contributed by atoms with Crippen LogP contribution in [0.25, 0.3) is 0 Å². The first kappa shape index (κ1) is 16.1. The van der Waals surface area contributed by atoms with Gasteiger partial charge in [0.05, 0.1) is 18.2 Å². The SMILES string of the molecule is S=C(CCCC1(c2ccccc2)OCCO1)Nc1ccccc1. The topological polar surface area (TPSA) is 30.5 Å². The number of hydrogen-bond acceptors (Lipinski definition) is 3. The third kappa shape index (κ3) is 4.16.